The zero-order valence-corrected chi connectivity index (χ0v) is 9.54. The van der Waals surface area contributed by atoms with E-state index in [-0.39, 0.29) is 17.7 Å². The molecular weight excluding hydrogens is 208 g/mol. The van der Waals surface area contributed by atoms with Crippen LogP contribution in [0, 0.1) is 5.92 Å². The lowest BCUT2D eigenvalue weighted by atomic mass is 10.1. The summed E-state index contributed by atoms with van der Waals surface area (Å²) < 4.78 is 5.23. The van der Waals surface area contributed by atoms with Gasteiger partial charge in [-0.2, -0.15) is 0 Å². The highest BCUT2D eigenvalue weighted by Gasteiger charge is 2.27. The Hall–Kier alpha value is -1.36. The maximum absolute atomic E-state index is 11.5. The second-order valence-corrected chi connectivity index (χ2v) is 4.01. The van der Waals surface area contributed by atoms with Crippen LogP contribution in [0.15, 0.2) is 12.2 Å². The second-order valence-electron chi connectivity index (χ2n) is 4.01. The molecule has 2 N–H and O–H groups in total. The molecule has 1 aliphatic rings. The minimum atomic E-state index is -0.228. The Labute approximate surface area is 95.2 Å². The summed E-state index contributed by atoms with van der Waals surface area (Å²) in [4.78, 5) is 22.4. The lowest BCUT2D eigenvalue weighted by molar-refractivity contribution is -0.126. The van der Waals surface area contributed by atoms with Crippen LogP contribution >= 0.6 is 0 Å². The standard InChI is InChI=1S/C11H18N2O3/c1-8(2)7-16-4-3-12-11(15)9-5-10(14)13-6-9/h9H,1,3-7H2,2H3,(H,12,15)(H,13,14). The summed E-state index contributed by atoms with van der Waals surface area (Å²) >= 11 is 0. The molecule has 1 saturated heterocycles. The monoisotopic (exact) mass is 226 g/mol. The fourth-order valence-electron chi connectivity index (χ4n) is 1.43. The van der Waals surface area contributed by atoms with E-state index in [4.69, 9.17) is 4.74 Å². The van der Waals surface area contributed by atoms with Gasteiger partial charge in [0.05, 0.1) is 19.1 Å². The van der Waals surface area contributed by atoms with Crippen LogP contribution in [0.25, 0.3) is 0 Å². The Morgan fingerprint density at radius 2 is 2.44 bits per heavy atom. The maximum Gasteiger partial charge on any atom is 0.225 e. The first-order chi connectivity index (χ1) is 7.59. The third kappa shape index (κ3) is 4.44. The van der Waals surface area contributed by atoms with Gasteiger partial charge in [-0.25, -0.2) is 0 Å². The molecule has 1 rings (SSSR count). The largest absolute Gasteiger partial charge is 0.375 e. The van der Waals surface area contributed by atoms with Crippen molar-refractivity contribution in [3.05, 3.63) is 12.2 Å². The molecule has 0 bridgehead atoms. The molecule has 5 heteroatoms. The van der Waals surface area contributed by atoms with E-state index in [0.29, 0.717) is 32.7 Å². The van der Waals surface area contributed by atoms with Crippen LogP contribution in [0.3, 0.4) is 0 Å². The van der Waals surface area contributed by atoms with E-state index in [1.54, 1.807) is 0 Å². The zero-order chi connectivity index (χ0) is 12.0. The van der Waals surface area contributed by atoms with Crippen LogP contribution in [0.4, 0.5) is 0 Å². The molecule has 0 aromatic rings. The minimum absolute atomic E-state index is 0.0568. The maximum atomic E-state index is 11.5. The van der Waals surface area contributed by atoms with Crippen molar-refractivity contribution in [3.8, 4) is 0 Å². The Kier molecular flexibility index (Phi) is 4.98. The molecule has 1 atom stereocenters. The van der Waals surface area contributed by atoms with Crippen LogP contribution in [-0.2, 0) is 14.3 Å². The van der Waals surface area contributed by atoms with Crippen molar-refractivity contribution in [2.24, 2.45) is 5.92 Å². The summed E-state index contributed by atoms with van der Waals surface area (Å²) in [6.45, 7) is 7.47. The predicted octanol–water partition coefficient (Wildman–Crippen LogP) is -0.169. The van der Waals surface area contributed by atoms with Crippen LogP contribution in [0.2, 0.25) is 0 Å². The third-order valence-electron chi connectivity index (χ3n) is 2.24. The Bertz CT molecular complexity index is 289. The van der Waals surface area contributed by atoms with Crippen LogP contribution in [-0.4, -0.2) is 38.1 Å². The summed E-state index contributed by atoms with van der Waals surface area (Å²) in [5.41, 5.74) is 0.955. The van der Waals surface area contributed by atoms with Crippen LogP contribution in [0.5, 0.6) is 0 Å². The summed E-state index contributed by atoms with van der Waals surface area (Å²) in [7, 11) is 0. The van der Waals surface area contributed by atoms with Gasteiger partial charge in [0.25, 0.3) is 0 Å². The number of carbonyl (C=O) groups is 2. The Balaban J connectivity index is 2.06. The minimum Gasteiger partial charge on any atom is -0.375 e. The lowest BCUT2D eigenvalue weighted by Crippen LogP contribution is -2.34. The number of nitrogens with one attached hydrogen (secondary N) is 2. The van der Waals surface area contributed by atoms with Gasteiger partial charge in [0, 0.05) is 19.5 Å². The van der Waals surface area contributed by atoms with Gasteiger partial charge < -0.3 is 15.4 Å². The Morgan fingerprint density at radius 1 is 1.69 bits per heavy atom. The zero-order valence-electron chi connectivity index (χ0n) is 9.54. The molecule has 1 unspecified atom stereocenters. The Morgan fingerprint density at radius 3 is 3.00 bits per heavy atom. The molecule has 1 aliphatic heterocycles. The van der Waals surface area contributed by atoms with Gasteiger partial charge in [-0.15, -0.1) is 0 Å². The first-order valence-electron chi connectivity index (χ1n) is 5.36. The highest BCUT2D eigenvalue weighted by Crippen LogP contribution is 2.08. The molecule has 1 heterocycles. The summed E-state index contributed by atoms with van der Waals surface area (Å²) in [5.74, 6) is -0.371. The van der Waals surface area contributed by atoms with Gasteiger partial charge in [-0.3, -0.25) is 9.59 Å². The number of rotatable bonds is 6. The quantitative estimate of drug-likeness (QED) is 0.488. The summed E-state index contributed by atoms with van der Waals surface area (Å²) in [6, 6.07) is 0. The van der Waals surface area contributed by atoms with Gasteiger partial charge in [0.15, 0.2) is 0 Å². The third-order valence-corrected chi connectivity index (χ3v) is 2.24. The molecule has 16 heavy (non-hydrogen) atoms. The molecule has 90 valence electrons. The van der Waals surface area contributed by atoms with E-state index in [0.717, 1.165) is 5.57 Å². The molecule has 1 fully saturated rings. The lowest BCUT2D eigenvalue weighted by Gasteiger charge is -2.09. The smallest absolute Gasteiger partial charge is 0.225 e. The van der Waals surface area contributed by atoms with Crippen molar-refractivity contribution < 1.29 is 14.3 Å². The summed E-state index contributed by atoms with van der Waals surface area (Å²) in [6.07, 6.45) is 0.290. The van der Waals surface area contributed by atoms with E-state index in [1.807, 2.05) is 6.92 Å². The van der Waals surface area contributed by atoms with Gasteiger partial charge >= 0.3 is 0 Å². The predicted molar refractivity (Wildman–Crippen MR) is 59.8 cm³/mol. The molecule has 0 spiro atoms. The van der Waals surface area contributed by atoms with E-state index < -0.39 is 0 Å². The SMILES string of the molecule is C=C(C)COCCNC(=O)C1CNC(=O)C1. The van der Waals surface area contributed by atoms with E-state index in [2.05, 4.69) is 17.2 Å². The van der Waals surface area contributed by atoms with Gasteiger partial charge in [-0.05, 0) is 6.92 Å². The van der Waals surface area contributed by atoms with E-state index >= 15 is 0 Å². The van der Waals surface area contributed by atoms with Crippen molar-refractivity contribution in [3.63, 3.8) is 0 Å². The van der Waals surface area contributed by atoms with E-state index in [1.165, 1.54) is 0 Å². The number of hydrogen-bond donors (Lipinski definition) is 2. The van der Waals surface area contributed by atoms with Crippen molar-refractivity contribution in [2.75, 3.05) is 26.3 Å². The first-order valence-corrected chi connectivity index (χ1v) is 5.36. The number of ether oxygens (including phenoxy) is 1. The van der Waals surface area contributed by atoms with Crippen molar-refractivity contribution in [1.29, 1.82) is 0 Å². The fraction of sp³-hybridized carbons (Fsp3) is 0.636. The van der Waals surface area contributed by atoms with Crippen molar-refractivity contribution >= 4 is 11.8 Å². The summed E-state index contributed by atoms with van der Waals surface area (Å²) in [5, 5.41) is 5.36. The van der Waals surface area contributed by atoms with Crippen LogP contribution < -0.4 is 10.6 Å². The number of carbonyl (C=O) groups excluding carboxylic acids is 2. The molecular formula is C11H18N2O3. The fourth-order valence-corrected chi connectivity index (χ4v) is 1.43. The molecule has 0 aromatic heterocycles. The average Bonchev–Trinajstić information content (AvgIpc) is 2.63. The molecule has 0 aromatic carbocycles. The average molecular weight is 226 g/mol. The van der Waals surface area contributed by atoms with Crippen molar-refractivity contribution in [1.82, 2.24) is 10.6 Å². The highest BCUT2D eigenvalue weighted by atomic mass is 16.5. The van der Waals surface area contributed by atoms with Crippen molar-refractivity contribution in [2.45, 2.75) is 13.3 Å². The molecule has 0 aliphatic carbocycles. The van der Waals surface area contributed by atoms with Crippen LogP contribution in [0.1, 0.15) is 13.3 Å². The normalized spacial score (nSPS) is 19.3. The van der Waals surface area contributed by atoms with Gasteiger partial charge in [-0.1, -0.05) is 12.2 Å². The van der Waals surface area contributed by atoms with Gasteiger partial charge in [0.1, 0.15) is 0 Å². The van der Waals surface area contributed by atoms with Gasteiger partial charge in [0.2, 0.25) is 11.8 Å². The first kappa shape index (κ1) is 12.7. The second kappa shape index (κ2) is 6.27. The highest BCUT2D eigenvalue weighted by molar-refractivity contribution is 5.89. The molecule has 0 saturated carbocycles. The number of amides is 2. The topological polar surface area (TPSA) is 67.4 Å². The van der Waals surface area contributed by atoms with E-state index in [9.17, 15) is 9.59 Å². The number of hydrogen-bond acceptors (Lipinski definition) is 3. The molecule has 0 radical (unpaired) electrons. The molecule has 5 nitrogen and oxygen atoms in total. The molecule has 2 amide bonds.